The molecule has 0 aliphatic heterocycles. The second-order valence-electron chi connectivity index (χ2n) is 5.43. The summed E-state index contributed by atoms with van der Waals surface area (Å²) < 4.78 is 7.21. The van der Waals surface area contributed by atoms with Crippen LogP contribution in [0.25, 0.3) is 11.0 Å². The van der Waals surface area contributed by atoms with Gasteiger partial charge >= 0.3 is 5.69 Å². The predicted octanol–water partition coefficient (Wildman–Crippen LogP) is 2.02. The van der Waals surface area contributed by atoms with Crippen molar-refractivity contribution in [3.63, 3.8) is 0 Å². The number of fused-ring (bicyclic) bond motifs is 1. The van der Waals surface area contributed by atoms with Crippen LogP contribution in [0.2, 0.25) is 0 Å². The number of anilines is 1. The molecule has 0 fully saturated rings. The standard InChI is InChI=1S/C16H19N5O2/c1-11(2)23-15-10-17-9-14(20-15)18-7-8-21-13-6-4-3-5-12(13)19-16(21)22/h3-6,9-11H,7-8H2,1-2H3,(H,18,20)(H,19,22). The molecule has 0 amide bonds. The van der Waals surface area contributed by atoms with Crippen molar-refractivity contribution >= 4 is 16.9 Å². The third kappa shape index (κ3) is 3.50. The van der Waals surface area contributed by atoms with Gasteiger partial charge in [-0.15, -0.1) is 0 Å². The Labute approximate surface area is 133 Å². The maximum atomic E-state index is 12.0. The zero-order valence-electron chi connectivity index (χ0n) is 13.1. The van der Waals surface area contributed by atoms with E-state index in [2.05, 4.69) is 20.3 Å². The number of hydrogen-bond acceptors (Lipinski definition) is 5. The van der Waals surface area contributed by atoms with Crippen molar-refractivity contribution in [2.24, 2.45) is 0 Å². The molecule has 2 heterocycles. The minimum Gasteiger partial charge on any atom is -0.474 e. The van der Waals surface area contributed by atoms with Gasteiger partial charge in [0.1, 0.15) is 5.82 Å². The van der Waals surface area contributed by atoms with Crippen LogP contribution in [-0.2, 0) is 6.54 Å². The van der Waals surface area contributed by atoms with Crippen LogP contribution in [0.4, 0.5) is 5.82 Å². The lowest BCUT2D eigenvalue weighted by Gasteiger charge is -2.10. The summed E-state index contributed by atoms with van der Waals surface area (Å²) in [6.07, 6.45) is 3.25. The van der Waals surface area contributed by atoms with E-state index in [-0.39, 0.29) is 11.8 Å². The molecule has 120 valence electrons. The van der Waals surface area contributed by atoms with E-state index < -0.39 is 0 Å². The SMILES string of the molecule is CC(C)Oc1cncc(NCCn2c(=O)[nH]c3ccccc32)n1. The minimum absolute atomic E-state index is 0.0457. The summed E-state index contributed by atoms with van der Waals surface area (Å²) in [4.78, 5) is 23.2. The summed E-state index contributed by atoms with van der Waals surface area (Å²) in [5.41, 5.74) is 1.61. The van der Waals surface area contributed by atoms with Gasteiger partial charge in [0, 0.05) is 13.1 Å². The first kappa shape index (κ1) is 15.1. The molecule has 0 spiro atoms. The second-order valence-corrected chi connectivity index (χ2v) is 5.43. The van der Waals surface area contributed by atoms with E-state index in [4.69, 9.17) is 4.74 Å². The lowest BCUT2D eigenvalue weighted by atomic mass is 10.3. The summed E-state index contributed by atoms with van der Waals surface area (Å²) in [6.45, 7) is 4.96. The first-order valence-electron chi connectivity index (χ1n) is 7.53. The summed E-state index contributed by atoms with van der Waals surface area (Å²) in [5, 5.41) is 3.16. The van der Waals surface area contributed by atoms with Gasteiger partial charge in [0.15, 0.2) is 0 Å². The zero-order chi connectivity index (χ0) is 16.2. The molecule has 7 nitrogen and oxygen atoms in total. The molecule has 0 aliphatic carbocycles. The summed E-state index contributed by atoms with van der Waals surface area (Å²) in [5.74, 6) is 1.10. The molecule has 0 bridgehead atoms. The number of hydrogen-bond donors (Lipinski definition) is 2. The first-order valence-corrected chi connectivity index (χ1v) is 7.53. The zero-order valence-corrected chi connectivity index (χ0v) is 13.1. The van der Waals surface area contributed by atoms with Crippen LogP contribution in [0.5, 0.6) is 5.88 Å². The molecule has 0 unspecified atom stereocenters. The van der Waals surface area contributed by atoms with Crippen LogP contribution >= 0.6 is 0 Å². The number of aromatic nitrogens is 4. The molecule has 0 saturated heterocycles. The predicted molar refractivity (Wildman–Crippen MR) is 88.8 cm³/mol. The largest absolute Gasteiger partial charge is 0.474 e. The van der Waals surface area contributed by atoms with Crippen molar-refractivity contribution in [2.45, 2.75) is 26.5 Å². The molecule has 7 heteroatoms. The minimum atomic E-state index is -0.115. The fourth-order valence-corrected chi connectivity index (χ4v) is 2.36. The highest BCUT2D eigenvalue weighted by molar-refractivity contribution is 5.74. The van der Waals surface area contributed by atoms with Gasteiger partial charge in [0.25, 0.3) is 0 Å². The molecule has 0 radical (unpaired) electrons. The normalized spacial score (nSPS) is 11.1. The molecule has 3 aromatic rings. The van der Waals surface area contributed by atoms with E-state index in [1.165, 1.54) is 0 Å². The third-order valence-corrected chi connectivity index (χ3v) is 3.29. The average molecular weight is 313 g/mol. The quantitative estimate of drug-likeness (QED) is 0.727. The molecule has 1 aromatic carbocycles. The van der Waals surface area contributed by atoms with E-state index in [1.54, 1.807) is 17.0 Å². The van der Waals surface area contributed by atoms with Crippen molar-refractivity contribution in [3.8, 4) is 5.88 Å². The van der Waals surface area contributed by atoms with Gasteiger partial charge in [0.2, 0.25) is 5.88 Å². The molecule has 0 saturated carbocycles. The molecule has 23 heavy (non-hydrogen) atoms. The van der Waals surface area contributed by atoms with Crippen LogP contribution in [-0.4, -0.2) is 32.2 Å². The number of imidazole rings is 1. The van der Waals surface area contributed by atoms with Crippen molar-refractivity contribution in [3.05, 3.63) is 47.1 Å². The van der Waals surface area contributed by atoms with Crippen LogP contribution < -0.4 is 15.7 Å². The molecular weight excluding hydrogens is 294 g/mol. The Hall–Kier alpha value is -2.83. The maximum Gasteiger partial charge on any atom is 0.326 e. The van der Waals surface area contributed by atoms with Crippen LogP contribution in [0.3, 0.4) is 0 Å². The van der Waals surface area contributed by atoms with Crippen LogP contribution in [0, 0.1) is 0 Å². The Morgan fingerprint density at radius 2 is 2.13 bits per heavy atom. The lowest BCUT2D eigenvalue weighted by Crippen LogP contribution is -2.21. The molecule has 0 aliphatic rings. The van der Waals surface area contributed by atoms with E-state index in [0.29, 0.717) is 24.8 Å². The van der Waals surface area contributed by atoms with Crippen LogP contribution in [0.15, 0.2) is 41.5 Å². The van der Waals surface area contributed by atoms with Crippen molar-refractivity contribution in [1.82, 2.24) is 19.5 Å². The Bertz CT molecular complexity index is 853. The Morgan fingerprint density at radius 1 is 1.30 bits per heavy atom. The fraction of sp³-hybridized carbons (Fsp3) is 0.312. The summed E-state index contributed by atoms with van der Waals surface area (Å²) >= 11 is 0. The molecular formula is C16H19N5O2. The number of ether oxygens (including phenoxy) is 1. The molecule has 0 atom stereocenters. The van der Waals surface area contributed by atoms with Gasteiger partial charge in [-0.1, -0.05) is 12.1 Å². The Kier molecular flexibility index (Phi) is 4.27. The van der Waals surface area contributed by atoms with E-state index >= 15 is 0 Å². The van der Waals surface area contributed by atoms with Crippen molar-refractivity contribution in [1.29, 1.82) is 0 Å². The number of H-pyrrole nitrogens is 1. The van der Waals surface area contributed by atoms with Gasteiger partial charge in [-0.3, -0.25) is 9.55 Å². The van der Waals surface area contributed by atoms with E-state index in [0.717, 1.165) is 11.0 Å². The van der Waals surface area contributed by atoms with E-state index in [9.17, 15) is 4.79 Å². The average Bonchev–Trinajstić information content (AvgIpc) is 2.83. The molecule has 3 rings (SSSR count). The monoisotopic (exact) mass is 313 g/mol. The highest BCUT2D eigenvalue weighted by atomic mass is 16.5. The van der Waals surface area contributed by atoms with Crippen LogP contribution in [0.1, 0.15) is 13.8 Å². The van der Waals surface area contributed by atoms with Gasteiger partial charge in [0.05, 0.1) is 29.5 Å². The highest BCUT2D eigenvalue weighted by Crippen LogP contribution is 2.11. The number of nitrogens with one attached hydrogen (secondary N) is 2. The fourth-order valence-electron chi connectivity index (χ4n) is 2.36. The molecule has 2 aromatic heterocycles. The first-order chi connectivity index (χ1) is 11.1. The smallest absolute Gasteiger partial charge is 0.326 e. The number of aromatic amines is 1. The molecule has 2 N–H and O–H groups in total. The lowest BCUT2D eigenvalue weighted by molar-refractivity contribution is 0.232. The van der Waals surface area contributed by atoms with Gasteiger partial charge in [-0.2, -0.15) is 4.98 Å². The summed E-state index contributed by atoms with van der Waals surface area (Å²) in [6, 6.07) is 7.62. The topological polar surface area (TPSA) is 84.8 Å². The van der Waals surface area contributed by atoms with Gasteiger partial charge in [-0.25, -0.2) is 4.79 Å². The highest BCUT2D eigenvalue weighted by Gasteiger charge is 2.06. The van der Waals surface area contributed by atoms with Gasteiger partial charge in [-0.05, 0) is 26.0 Å². The third-order valence-electron chi connectivity index (χ3n) is 3.29. The number of nitrogens with zero attached hydrogens (tertiary/aromatic N) is 3. The number of benzene rings is 1. The number of rotatable bonds is 6. The number of para-hydroxylation sites is 2. The van der Waals surface area contributed by atoms with Crippen molar-refractivity contribution < 1.29 is 4.74 Å². The van der Waals surface area contributed by atoms with Crippen molar-refractivity contribution in [2.75, 3.05) is 11.9 Å². The van der Waals surface area contributed by atoms with E-state index in [1.807, 2.05) is 38.1 Å². The summed E-state index contributed by atoms with van der Waals surface area (Å²) in [7, 11) is 0. The Morgan fingerprint density at radius 3 is 2.96 bits per heavy atom. The van der Waals surface area contributed by atoms with Gasteiger partial charge < -0.3 is 15.0 Å². The second kappa shape index (κ2) is 6.51. The maximum absolute atomic E-state index is 12.0. The Balaban J connectivity index is 1.67.